The third-order valence-corrected chi connectivity index (χ3v) is 6.38. The van der Waals surface area contributed by atoms with Gasteiger partial charge in [0.25, 0.3) is 0 Å². The van der Waals surface area contributed by atoms with Gasteiger partial charge in [-0.2, -0.15) is 4.57 Å². The summed E-state index contributed by atoms with van der Waals surface area (Å²) in [7, 11) is -4.07. The number of phosphoric ester groups is 1. The van der Waals surface area contributed by atoms with Crippen LogP contribution in [-0.2, 0) is 4.57 Å². The Bertz CT molecular complexity index is 904. The number of aryl methyl sites for hydroxylation is 3. The van der Waals surface area contributed by atoms with Crippen LogP contribution in [0.4, 0.5) is 0 Å². The summed E-state index contributed by atoms with van der Waals surface area (Å²) in [5.74, 6) is 1.12. The summed E-state index contributed by atoms with van der Waals surface area (Å²) >= 11 is 10.3. The van der Waals surface area contributed by atoms with E-state index in [1.54, 1.807) is 36.4 Å². The van der Waals surface area contributed by atoms with E-state index in [1.165, 1.54) is 0 Å². The molecule has 0 fully saturated rings. The van der Waals surface area contributed by atoms with Gasteiger partial charge in [-0.05, 0) is 92.1 Å². The van der Waals surface area contributed by atoms with E-state index >= 15 is 0 Å². The minimum Gasteiger partial charge on any atom is -0.386 e. The molecule has 0 atom stereocenters. The first kappa shape index (κ1) is 22.4. The van der Waals surface area contributed by atoms with Crippen LogP contribution in [0.2, 0.25) is 0 Å². The maximum Gasteiger partial charge on any atom is 0.647 e. The van der Waals surface area contributed by atoms with Crippen LogP contribution >= 0.6 is 55.6 Å². The monoisotopic (exact) mass is 602 g/mol. The van der Waals surface area contributed by atoms with Crippen molar-refractivity contribution in [3.8, 4) is 17.2 Å². The smallest absolute Gasteiger partial charge is 0.386 e. The van der Waals surface area contributed by atoms with E-state index in [-0.39, 0.29) is 0 Å². The Balaban J connectivity index is 2.00. The van der Waals surface area contributed by atoms with Crippen molar-refractivity contribution < 1.29 is 18.1 Å². The van der Waals surface area contributed by atoms with Crippen LogP contribution in [0.5, 0.6) is 17.2 Å². The van der Waals surface area contributed by atoms with E-state index in [0.717, 1.165) is 30.1 Å². The van der Waals surface area contributed by atoms with E-state index in [1.807, 2.05) is 39.0 Å². The number of hydrogen-bond acceptors (Lipinski definition) is 4. The van der Waals surface area contributed by atoms with Crippen LogP contribution in [0, 0.1) is 20.8 Å². The molecule has 0 bridgehead atoms. The number of rotatable bonds is 6. The van der Waals surface area contributed by atoms with Gasteiger partial charge in [0.05, 0.1) is 0 Å². The largest absolute Gasteiger partial charge is 0.647 e. The highest BCUT2D eigenvalue weighted by Crippen LogP contribution is 2.51. The van der Waals surface area contributed by atoms with Gasteiger partial charge in [0, 0.05) is 13.4 Å². The fourth-order valence-corrected chi connectivity index (χ4v) is 5.67. The Hall–Kier alpha value is -1.27. The first-order chi connectivity index (χ1) is 13.6. The second kappa shape index (κ2) is 9.25. The van der Waals surface area contributed by atoms with Gasteiger partial charge in [-0.1, -0.05) is 47.8 Å². The minimum atomic E-state index is -4.07. The molecule has 4 nitrogen and oxygen atoms in total. The summed E-state index contributed by atoms with van der Waals surface area (Å²) in [4.78, 5) is 0. The molecule has 0 aliphatic heterocycles. The predicted octanol–water partition coefficient (Wildman–Crippen LogP) is 8.54. The van der Waals surface area contributed by atoms with Crippen molar-refractivity contribution in [3.05, 3.63) is 84.7 Å². The molecule has 0 amide bonds. The minimum absolute atomic E-state index is 0.374. The second-order valence-electron chi connectivity index (χ2n) is 6.61. The van der Waals surface area contributed by atoms with Crippen molar-refractivity contribution in [2.45, 2.75) is 20.8 Å². The fraction of sp³-hybridized carbons (Fsp3) is 0.143. The molecule has 3 aromatic rings. The molecule has 0 aromatic heterocycles. The summed E-state index contributed by atoms with van der Waals surface area (Å²) in [6.07, 6.45) is 0. The van der Waals surface area contributed by atoms with Crippen LogP contribution < -0.4 is 13.6 Å². The van der Waals surface area contributed by atoms with Gasteiger partial charge in [0.1, 0.15) is 17.2 Å². The zero-order valence-corrected chi connectivity index (χ0v) is 21.6. The normalized spacial score (nSPS) is 11.2. The van der Waals surface area contributed by atoms with Gasteiger partial charge >= 0.3 is 7.82 Å². The lowest BCUT2D eigenvalue weighted by molar-refractivity contribution is 0.298. The molecule has 3 rings (SSSR count). The van der Waals surface area contributed by atoms with Gasteiger partial charge < -0.3 is 13.6 Å². The highest BCUT2D eigenvalue weighted by molar-refractivity contribution is 9.11. The van der Waals surface area contributed by atoms with E-state index < -0.39 is 7.82 Å². The molecular weight excluding hydrogens is 587 g/mol. The van der Waals surface area contributed by atoms with Crippen molar-refractivity contribution in [1.82, 2.24) is 0 Å². The van der Waals surface area contributed by atoms with Crippen molar-refractivity contribution in [2.24, 2.45) is 0 Å². The molecular formula is C21H18Br3O4P. The zero-order valence-electron chi connectivity index (χ0n) is 15.9. The predicted molar refractivity (Wildman–Crippen MR) is 126 cm³/mol. The standard InChI is InChI=1S/C21H18Br3O4P/c1-13-4-16(22)10-19(7-13)26-29(25,27-20-8-14(2)5-17(23)11-20)28-21-9-15(3)6-18(24)12-21/h4-12H,1-3H3. The molecule has 0 saturated heterocycles. The Morgan fingerprint density at radius 3 is 1.07 bits per heavy atom. The Morgan fingerprint density at radius 1 is 0.552 bits per heavy atom. The number of halogens is 3. The van der Waals surface area contributed by atoms with Gasteiger partial charge in [-0.3, -0.25) is 0 Å². The molecule has 0 radical (unpaired) electrons. The average Bonchev–Trinajstić information content (AvgIpc) is 2.50. The summed E-state index contributed by atoms with van der Waals surface area (Å²) in [5.41, 5.74) is 2.83. The topological polar surface area (TPSA) is 44.8 Å². The highest BCUT2D eigenvalue weighted by Gasteiger charge is 2.33. The molecule has 0 saturated carbocycles. The molecule has 0 aliphatic rings. The van der Waals surface area contributed by atoms with Gasteiger partial charge in [-0.25, -0.2) is 0 Å². The summed E-state index contributed by atoms with van der Waals surface area (Å²) in [6.45, 7) is 5.75. The zero-order chi connectivity index (χ0) is 21.2. The maximum atomic E-state index is 13.7. The SMILES string of the molecule is Cc1cc(Br)cc(OP(=O)(Oc2cc(C)cc(Br)c2)Oc2cc(C)cc(Br)c2)c1. The summed E-state index contributed by atoms with van der Waals surface area (Å²) in [5, 5.41) is 0. The van der Waals surface area contributed by atoms with Crippen molar-refractivity contribution >= 4 is 55.6 Å². The van der Waals surface area contributed by atoms with Crippen LogP contribution in [-0.4, -0.2) is 0 Å². The van der Waals surface area contributed by atoms with Gasteiger partial charge in [0.2, 0.25) is 0 Å². The summed E-state index contributed by atoms with van der Waals surface area (Å²) < 4.78 is 33.4. The molecule has 3 aromatic carbocycles. The number of hydrogen-bond donors (Lipinski definition) is 0. The maximum absolute atomic E-state index is 13.7. The molecule has 0 heterocycles. The first-order valence-electron chi connectivity index (χ1n) is 8.61. The Morgan fingerprint density at radius 2 is 0.828 bits per heavy atom. The lowest BCUT2D eigenvalue weighted by Crippen LogP contribution is -2.08. The van der Waals surface area contributed by atoms with Crippen LogP contribution in [0.3, 0.4) is 0 Å². The Kier molecular flexibility index (Phi) is 7.15. The van der Waals surface area contributed by atoms with Crippen molar-refractivity contribution in [2.75, 3.05) is 0 Å². The molecule has 0 unspecified atom stereocenters. The number of benzene rings is 3. The third-order valence-electron chi connectivity index (χ3n) is 3.70. The first-order valence-corrected chi connectivity index (χ1v) is 12.4. The van der Waals surface area contributed by atoms with E-state index in [0.29, 0.717) is 17.2 Å². The molecule has 152 valence electrons. The molecule has 0 aliphatic carbocycles. The third kappa shape index (κ3) is 6.61. The van der Waals surface area contributed by atoms with E-state index in [4.69, 9.17) is 13.6 Å². The van der Waals surface area contributed by atoms with Gasteiger partial charge in [-0.15, -0.1) is 0 Å². The van der Waals surface area contributed by atoms with Crippen LogP contribution in [0.25, 0.3) is 0 Å². The quantitative estimate of drug-likeness (QED) is 0.265. The second-order valence-corrected chi connectivity index (χ2v) is 10.8. The molecule has 29 heavy (non-hydrogen) atoms. The van der Waals surface area contributed by atoms with Crippen molar-refractivity contribution in [3.63, 3.8) is 0 Å². The lowest BCUT2D eigenvalue weighted by atomic mass is 10.2. The van der Waals surface area contributed by atoms with Crippen LogP contribution in [0.1, 0.15) is 16.7 Å². The van der Waals surface area contributed by atoms with Crippen LogP contribution in [0.15, 0.2) is 68.0 Å². The van der Waals surface area contributed by atoms with E-state index in [2.05, 4.69) is 47.8 Å². The molecule has 8 heteroatoms. The number of phosphoric acid groups is 1. The molecule has 0 spiro atoms. The van der Waals surface area contributed by atoms with E-state index in [9.17, 15) is 4.57 Å². The van der Waals surface area contributed by atoms with Crippen molar-refractivity contribution in [1.29, 1.82) is 0 Å². The molecule has 0 N–H and O–H groups in total. The average molecular weight is 605 g/mol. The fourth-order valence-electron chi connectivity index (χ4n) is 2.71. The highest BCUT2D eigenvalue weighted by atomic mass is 79.9. The Labute approximate surface area is 195 Å². The lowest BCUT2D eigenvalue weighted by Gasteiger charge is -2.20. The van der Waals surface area contributed by atoms with Gasteiger partial charge in [0.15, 0.2) is 0 Å². The summed E-state index contributed by atoms with van der Waals surface area (Å²) in [6, 6.07) is 16.2.